The van der Waals surface area contributed by atoms with E-state index in [-0.39, 0.29) is 29.4 Å². The monoisotopic (exact) mass is 311 g/mol. The molecule has 3 atom stereocenters. The van der Waals surface area contributed by atoms with Gasteiger partial charge in [0.25, 0.3) is 0 Å². The van der Waals surface area contributed by atoms with Crippen molar-refractivity contribution in [1.29, 1.82) is 0 Å². The lowest BCUT2D eigenvalue weighted by Gasteiger charge is -2.20. The van der Waals surface area contributed by atoms with Gasteiger partial charge in [0.2, 0.25) is 15.9 Å². The molecular formula is C14H21N3O3S. The lowest BCUT2D eigenvalue weighted by Crippen LogP contribution is -2.33. The van der Waals surface area contributed by atoms with Crippen LogP contribution >= 0.6 is 0 Å². The van der Waals surface area contributed by atoms with Crippen LogP contribution in [0.3, 0.4) is 0 Å². The zero-order valence-electron chi connectivity index (χ0n) is 12.3. The van der Waals surface area contributed by atoms with Crippen LogP contribution in [0.15, 0.2) is 24.4 Å². The van der Waals surface area contributed by atoms with Gasteiger partial charge in [-0.1, -0.05) is 13.0 Å². The van der Waals surface area contributed by atoms with Crippen molar-refractivity contribution in [3.63, 3.8) is 0 Å². The van der Waals surface area contributed by atoms with Crippen molar-refractivity contribution in [2.45, 2.75) is 19.8 Å². The molecule has 0 spiro atoms. The third-order valence-electron chi connectivity index (χ3n) is 4.03. The van der Waals surface area contributed by atoms with E-state index in [1.165, 1.54) is 0 Å². The van der Waals surface area contributed by atoms with Crippen molar-refractivity contribution in [2.24, 2.45) is 17.0 Å². The molecule has 2 heterocycles. The van der Waals surface area contributed by atoms with Gasteiger partial charge in [0.15, 0.2) is 0 Å². The second kappa shape index (κ2) is 6.11. The highest BCUT2D eigenvalue weighted by molar-refractivity contribution is 7.89. The van der Waals surface area contributed by atoms with Gasteiger partial charge in [-0.15, -0.1) is 0 Å². The Morgan fingerprint density at radius 1 is 1.48 bits per heavy atom. The van der Waals surface area contributed by atoms with Crippen LogP contribution in [-0.2, 0) is 14.8 Å². The van der Waals surface area contributed by atoms with Crippen molar-refractivity contribution in [3.05, 3.63) is 30.1 Å². The molecule has 0 radical (unpaired) electrons. The van der Waals surface area contributed by atoms with Crippen LogP contribution < -0.4 is 5.14 Å². The molecule has 1 unspecified atom stereocenters. The highest BCUT2D eigenvalue weighted by atomic mass is 32.2. The van der Waals surface area contributed by atoms with E-state index in [9.17, 15) is 13.2 Å². The third-order valence-corrected chi connectivity index (χ3v) is 4.92. The number of pyridine rings is 1. The Morgan fingerprint density at radius 3 is 2.76 bits per heavy atom. The number of carbonyl (C=O) groups excluding carboxylic acids is 1. The Hall–Kier alpha value is -1.47. The highest BCUT2D eigenvalue weighted by Gasteiger charge is 2.36. The van der Waals surface area contributed by atoms with Gasteiger partial charge in [0.1, 0.15) is 0 Å². The topological polar surface area (TPSA) is 93.4 Å². The number of hydrogen-bond donors (Lipinski definition) is 1. The molecular weight excluding hydrogens is 290 g/mol. The average Bonchev–Trinajstić information content (AvgIpc) is 2.77. The van der Waals surface area contributed by atoms with Crippen LogP contribution in [-0.4, -0.2) is 43.1 Å². The van der Waals surface area contributed by atoms with Gasteiger partial charge in [-0.2, -0.15) is 0 Å². The number of hydrogen-bond acceptors (Lipinski definition) is 4. The van der Waals surface area contributed by atoms with Crippen molar-refractivity contribution in [3.8, 4) is 0 Å². The van der Waals surface area contributed by atoms with Crippen molar-refractivity contribution in [1.82, 2.24) is 9.88 Å². The van der Waals surface area contributed by atoms with E-state index in [0.717, 1.165) is 5.69 Å². The zero-order chi connectivity index (χ0) is 15.6. The predicted octanol–water partition coefficient (Wildman–Crippen LogP) is 0.568. The fourth-order valence-corrected chi connectivity index (χ4v) is 3.79. The van der Waals surface area contributed by atoms with E-state index >= 15 is 0 Å². The minimum atomic E-state index is -3.51. The highest BCUT2D eigenvalue weighted by Crippen LogP contribution is 2.27. The molecule has 1 aromatic rings. The van der Waals surface area contributed by atoms with E-state index in [0.29, 0.717) is 13.1 Å². The van der Waals surface area contributed by atoms with E-state index in [1.807, 2.05) is 26.0 Å². The number of sulfonamides is 1. The van der Waals surface area contributed by atoms with Gasteiger partial charge in [-0.3, -0.25) is 9.78 Å². The lowest BCUT2D eigenvalue weighted by molar-refractivity contribution is -0.131. The molecule has 1 fully saturated rings. The van der Waals surface area contributed by atoms with Gasteiger partial charge in [0.05, 0.1) is 17.4 Å². The summed E-state index contributed by atoms with van der Waals surface area (Å²) in [6.07, 6.45) is 1.66. The van der Waals surface area contributed by atoms with Crippen LogP contribution in [0.2, 0.25) is 0 Å². The largest absolute Gasteiger partial charge is 0.342 e. The SMILES string of the molecule is CC(C(=O)N1C[C@H](CS(N)(=O)=O)[C@@H](C)C1)c1ccccn1. The molecule has 2 N–H and O–H groups in total. The van der Waals surface area contributed by atoms with Crippen molar-refractivity contribution < 1.29 is 13.2 Å². The molecule has 0 bridgehead atoms. The van der Waals surface area contributed by atoms with Gasteiger partial charge in [-0.05, 0) is 30.9 Å². The van der Waals surface area contributed by atoms with E-state index in [1.54, 1.807) is 17.2 Å². The number of primary sulfonamides is 1. The summed E-state index contributed by atoms with van der Waals surface area (Å²) < 4.78 is 22.5. The van der Waals surface area contributed by atoms with Gasteiger partial charge < -0.3 is 4.90 Å². The normalized spacial score (nSPS) is 24.0. The van der Waals surface area contributed by atoms with Crippen molar-refractivity contribution in [2.75, 3.05) is 18.8 Å². The van der Waals surface area contributed by atoms with E-state index < -0.39 is 10.0 Å². The molecule has 2 rings (SSSR count). The smallest absolute Gasteiger partial charge is 0.231 e. The fourth-order valence-electron chi connectivity index (χ4n) is 2.76. The number of likely N-dealkylation sites (tertiary alicyclic amines) is 1. The summed E-state index contributed by atoms with van der Waals surface area (Å²) in [4.78, 5) is 18.4. The standard InChI is InChI=1S/C14H21N3O3S/c1-10-7-17(8-12(10)9-21(15,19)20)14(18)11(2)13-5-3-4-6-16-13/h3-6,10-12H,7-9H2,1-2H3,(H2,15,19,20)/t10-,11?,12+/m0/s1. The minimum Gasteiger partial charge on any atom is -0.342 e. The lowest BCUT2D eigenvalue weighted by atomic mass is 10.0. The predicted molar refractivity (Wildman–Crippen MR) is 79.9 cm³/mol. The summed E-state index contributed by atoms with van der Waals surface area (Å²) in [6.45, 7) is 4.78. The summed E-state index contributed by atoms with van der Waals surface area (Å²) >= 11 is 0. The molecule has 21 heavy (non-hydrogen) atoms. The molecule has 0 aromatic carbocycles. The molecule has 1 aliphatic heterocycles. The van der Waals surface area contributed by atoms with Crippen molar-refractivity contribution >= 4 is 15.9 Å². The minimum absolute atomic E-state index is 0.0162. The Labute approximate surface area is 125 Å². The Balaban J connectivity index is 2.05. The number of amides is 1. The number of nitrogens with zero attached hydrogens (tertiary/aromatic N) is 2. The second-order valence-corrected chi connectivity index (χ2v) is 7.45. The summed E-state index contributed by atoms with van der Waals surface area (Å²) in [5.41, 5.74) is 0.727. The number of aromatic nitrogens is 1. The van der Waals surface area contributed by atoms with Crippen LogP contribution in [0, 0.1) is 11.8 Å². The molecule has 1 saturated heterocycles. The molecule has 7 heteroatoms. The van der Waals surface area contributed by atoms with E-state index in [2.05, 4.69) is 4.98 Å². The fraction of sp³-hybridized carbons (Fsp3) is 0.571. The first kappa shape index (κ1) is 15.9. The molecule has 6 nitrogen and oxygen atoms in total. The summed E-state index contributed by atoms with van der Waals surface area (Å²) in [5, 5.41) is 5.11. The summed E-state index contributed by atoms with van der Waals surface area (Å²) in [6, 6.07) is 5.48. The first-order valence-electron chi connectivity index (χ1n) is 6.98. The van der Waals surface area contributed by atoms with Gasteiger partial charge in [-0.25, -0.2) is 13.6 Å². The maximum absolute atomic E-state index is 12.5. The third kappa shape index (κ3) is 4.01. The van der Waals surface area contributed by atoms with Crippen LogP contribution in [0.1, 0.15) is 25.5 Å². The molecule has 0 saturated carbocycles. The maximum atomic E-state index is 12.5. The second-order valence-electron chi connectivity index (χ2n) is 5.79. The maximum Gasteiger partial charge on any atom is 0.231 e. The Kier molecular flexibility index (Phi) is 4.63. The summed E-state index contributed by atoms with van der Waals surface area (Å²) in [5.74, 6) is -0.386. The molecule has 1 aromatic heterocycles. The molecule has 1 aliphatic rings. The van der Waals surface area contributed by atoms with E-state index in [4.69, 9.17) is 5.14 Å². The molecule has 0 aliphatic carbocycles. The zero-order valence-corrected chi connectivity index (χ0v) is 13.1. The number of rotatable bonds is 4. The van der Waals surface area contributed by atoms with Gasteiger partial charge in [0, 0.05) is 19.3 Å². The number of nitrogens with two attached hydrogens (primary N) is 1. The van der Waals surface area contributed by atoms with Gasteiger partial charge >= 0.3 is 0 Å². The van der Waals surface area contributed by atoms with Crippen LogP contribution in [0.25, 0.3) is 0 Å². The summed E-state index contributed by atoms with van der Waals surface area (Å²) in [7, 11) is -3.51. The Bertz CT molecular complexity index is 603. The van der Waals surface area contributed by atoms with Crippen LogP contribution in [0.5, 0.6) is 0 Å². The number of carbonyl (C=O) groups is 1. The first-order chi connectivity index (χ1) is 9.78. The molecule has 116 valence electrons. The average molecular weight is 311 g/mol. The Morgan fingerprint density at radius 2 is 2.19 bits per heavy atom. The first-order valence-corrected chi connectivity index (χ1v) is 8.69. The quantitative estimate of drug-likeness (QED) is 0.879. The van der Waals surface area contributed by atoms with Crippen LogP contribution in [0.4, 0.5) is 0 Å². The molecule has 1 amide bonds.